The maximum absolute atomic E-state index is 9.88. The predicted molar refractivity (Wildman–Crippen MR) is 64.9 cm³/mol. The van der Waals surface area contributed by atoms with Gasteiger partial charge in [0, 0.05) is 12.6 Å². The lowest BCUT2D eigenvalue weighted by Gasteiger charge is -2.21. The average Bonchev–Trinajstić information content (AvgIpc) is 2.66. The Morgan fingerprint density at radius 2 is 1.80 bits per heavy atom. The molecule has 2 N–H and O–H groups in total. The summed E-state index contributed by atoms with van der Waals surface area (Å²) < 4.78 is 0. The van der Waals surface area contributed by atoms with Gasteiger partial charge in [0.05, 0.1) is 6.10 Å². The van der Waals surface area contributed by atoms with Gasteiger partial charge in [-0.2, -0.15) is 0 Å². The first-order valence-corrected chi connectivity index (χ1v) is 6.51. The molecule has 0 amide bonds. The third-order valence-corrected chi connectivity index (χ3v) is 3.76. The van der Waals surface area contributed by atoms with Crippen molar-refractivity contribution in [3.8, 4) is 0 Å². The Labute approximate surface area is 94.5 Å². The van der Waals surface area contributed by atoms with E-state index in [1.54, 1.807) is 0 Å². The SMILES string of the molecule is CC(C)C(C)NCC(O)CC1CCCC1. The lowest BCUT2D eigenvalue weighted by molar-refractivity contribution is 0.135. The van der Waals surface area contributed by atoms with Crippen LogP contribution in [0, 0.1) is 11.8 Å². The van der Waals surface area contributed by atoms with E-state index in [1.807, 2.05) is 0 Å². The van der Waals surface area contributed by atoms with Crippen LogP contribution in [0.1, 0.15) is 52.9 Å². The van der Waals surface area contributed by atoms with Crippen molar-refractivity contribution >= 4 is 0 Å². The van der Waals surface area contributed by atoms with Gasteiger partial charge in [-0.1, -0.05) is 39.5 Å². The fourth-order valence-corrected chi connectivity index (χ4v) is 2.27. The highest BCUT2D eigenvalue weighted by molar-refractivity contribution is 4.74. The van der Waals surface area contributed by atoms with Gasteiger partial charge >= 0.3 is 0 Å². The molecular weight excluding hydrogens is 186 g/mol. The van der Waals surface area contributed by atoms with Crippen LogP contribution in [0.15, 0.2) is 0 Å². The van der Waals surface area contributed by atoms with E-state index in [0.717, 1.165) is 18.9 Å². The molecule has 0 aromatic carbocycles. The summed E-state index contributed by atoms with van der Waals surface area (Å²) in [6.07, 6.45) is 6.25. The fourth-order valence-electron chi connectivity index (χ4n) is 2.27. The van der Waals surface area contributed by atoms with Crippen LogP contribution in [-0.2, 0) is 0 Å². The Hall–Kier alpha value is -0.0800. The first kappa shape index (κ1) is 13.0. The number of aliphatic hydroxyl groups excluding tert-OH is 1. The Balaban J connectivity index is 2.09. The number of hydrogen-bond acceptors (Lipinski definition) is 2. The van der Waals surface area contributed by atoms with Crippen LogP contribution in [0.3, 0.4) is 0 Å². The highest BCUT2D eigenvalue weighted by Crippen LogP contribution is 2.28. The summed E-state index contributed by atoms with van der Waals surface area (Å²) in [5, 5.41) is 13.3. The minimum Gasteiger partial charge on any atom is -0.392 e. The summed E-state index contributed by atoms with van der Waals surface area (Å²) in [6, 6.07) is 0.503. The van der Waals surface area contributed by atoms with Crippen molar-refractivity contribution < 1.29 is 5.11 Å². The zero-order valence-corrected chi connectivity index (χ0v) is 10.5. The van der Waals surface area contributed by atoms with Crippen molar-refractivity contribution in [3.63, 3.8) is 0 Å². The average molecular weight is 213 g/mol. The summed E-state index contributed by atoms with van der Waals surface area (Å²) >= 11 is 0. The molecule has 0 saturated heterocycles. The molecule has 90 valence electrons. The highest BCUT2D eigenvalue weighted by Gasteiger charge is 2.19. The van der Waals surface area contributed by atoms with Crippen molar-refractivity contribution in [2.75, 3.05) is 6.54 Å². The molecule has 0 radical (unpaired) electrons. The number of rotatable bonds is 6. The molecular formula is C13H27NO. The van der Waals surface area contributed by atoms with Gasteiger partial charge in [0.25, 0.3) is 0 Å². The number of aliphatic hydroxyl groups is 1. The van der Waals surface area contributed by atoms with Crippen LogP contribution >= 0.6 is 0 Å². The van der Waals surface area contributed by atoms with Crippen LogP contribution in [0.25, 0.3) is 0 Å². The second-order valence-electron chi connectivity index (χ2n) is 5.48. The van der Waals surface area contributed by atoms with Gasteiger partial charge in [0.15, 0.2) is 0 Å². The first-order chi connectivity index (χ1) is 7.09. The summed E-state index contributed by atoms with van der Waals surface area (Å²) in [4.78, 5) is 0. The summed E-state index contributed by atoms with van der Waals surface area (Å²) in [7, 11) is 0. The zero-order chi connectivity index (χ0) is 11.3. The Kier molecular flexibility index (Phi) is 5.62. The molecule has 0 heterocycles. The molecule has 0 spiro atoms. The minimum atomic E-state index is -0.144. The van der Waals surface area contributed by atoms with Crippen molar-refractivity contribution in [3.05, 3.63) is 0 Å². The van der Waals surface area contributed by atoms with Crippen molar-refractivity contribution in [1.82, 2.24) is 5.32 Å². The zero-order valence-electron chi connectivity index (χ0n) is 10.5. The highest BCUT2D eigenvalue weighted by atomic mass is 16.3. The molecule has 1 aliphatic carbocycles. The monoisotopic (exact) mass is 213 g/mol. The molecule has 2 atom stereocenters. The standard InChI is InChI=1S/C13H27NO/c1-10(2)11(3)14-9-13(15)8-12-6-4-5-7-12/h10-15H,4-9H2,1-3H3. The van der Waals surface area contributed by atoms with E-state index in [9.17, 15) is 5.11 Å². The topological polar surface area (TPSA) is 32.3 Å². The minimum absolute atomic E-state index is 0.144. The maximum atomic E-state index is 9.88. The van der Waals surface area contributed by atoms with Crippen molar-refractivity contribution in [2.45, 2.75) is 65.0 Å². The smallest absolute Gasteiger partial charge is 0.0667 e. The largest absolute Gasteiger partial charge is 0.392 e. The molecule has 0 aromatic heterocycles. The third kappa shape index (κ3) is 4.98. The van der Waals surface area contributed by atoms with Crippen LogP contribution < -0.4 is 5.32 Å². The lowest BCUT2D eigenvalue weighted by Crippen LogP contribution is -2.37. The van der Waals surface area contributed by atoms with E-state index >= 15 is 0 Å². The van der Waals surface area contributed by atoms with E-state index in [1.165, 1.54) is 25.7 Å². The third-order valence-electron chi connectivity index (χ3n) is 3.76. The Bertz CT molecular complexity index is 164. The van der Waals surface area contributed by atoms with Gasteiger partial charge in [-0.15, -0.1) is 0 Å². The van der Waals surface area contributed by atoms with E-state index in [4.69, 9.17) is 0 Å². The van der Waals surface area contributed by atoms with Crippen LogP contribution in [0.2, 0.25) is 0 Å². The van der Waals surface area contributed by atoms with E-state index in [0.29, 0.717) is 12.0 Å². The van der Waals surface area contributed by atoms with Crippen molar-refractivity contribution in [1.29, 1.82) is 0 Å². The van der Waals surface area contributed by atoms with Crippen LogP contribution in [0.5, 0.6) is 0 Å². The molecule has 2 nitrogen and oxygen atoms in total. The van der Waals surface area contributed by atoms with Gasteiger partial charge in [-0.25, -0.2) is 0 Å². The molecule has 0 aliphatic heterocycles. The lowest BCUT2D eigenvalue weighted by atomic mass is 9.99. The Morgan fingerprint density at radius 1 is 1.20 bits per heavy atom. The first-order valence-electron chi connectivity index (χ1n) is 6.51. The predicted octanol–water partition coefficient (Wildman–Crippen LogP) is 2.56. The molecule has 2 heteroatoms. The van der Waals surface area contributed by atoms with Gasteiger partial charge in [-0.05, 0) is 25.2 Å². The van der Waals surface area contributed by atoms with Crippen molar-refractivity contribution in [2.24, 2.45) is 11.8 Å². The number of hydrogen-bond donors (Lipinski definition) is 2. The van der Waals surface area contributed by atoms with E-state index < -0.39 is 0 Å². The molecule has 1 saturated carbocycles. The molecule has 0 bridgehead atoms. The number of nitrogens with one attached hydrogen (secondary N) is 1. The van der Waals surface area contributed by atoms with Gasteiger partial charge in [-0.3, -0.25) is 0 Å². The van der Waals surface area contributed by atoms with Gasteiger partial charge in [0.1, 0.15) is 0 Å². The molecule has 2 unspecified atom stereocenters. The molecule has 1 rings (SSSR count). The van der Waals surface area contributed by atoms with Crippen LogP contribution in [0.4, 0.5) is 0 Å². The van der Waals surface area contributed by atoms with Crippen LogP contribution in [-0.4, -0.2) is 23.8 Å². The molecule has 1 aliphatic rings. The van der Waals surface area contributed by atoms with E-state index in [2.05, 4.69) is 26.1 Å². The summed E-state index contributed by atoms with van der Waals surface area (Å²) in [5.74, 6) is 1.43. The normalized spacial score (nSPS) is 22.2. The fraction of sp³-hybridized carbons (Fsp3) is 1.00. The van der Waals surface area contributed by atoms with Gasteiger partial charge in [0.2, 0.25) is 0 Å². The molecule has 0 aromatic rings. The molecule has 1 fully saturated rings. The maximum Gasteiger partial charge on any atom is 0.0667 e. The Morgan fingerprint density at radius 3 is 2.33 bits per heavy atom. The van der Waals surface area contributed by atoms with Gasteiger partial charge < -0.3 is 10.4 Å². The molecule has 15 heavy (non-hydrogen) atoms. The van der Waals surface area contributed by atoms with E-state index in [-0.39, 0.29) is 6.10 Å². The summed E-state index contributed by atoms with van der Waals surface area (Å²) in [5.41, 5.74) is 0. The quantitative estimate of drug-likeness (QED) is 0.711. The second-order valence-corrected chi connectivity index (χ2v) is 5.48. The second kappa shape index (κ2) is 6.49. The summed E-state index contributed by atoms with van der Waals surface area (Å²) in [6.45, 7) is 7.37.